The molecular weight excluding hydrogens is 450 g/mol. The largest absolute Gasteiger partial charge is 0.464 e. The molecule has 1 N–H and O–H groups in total. The summed E-state index contributed by atoms with van der Waals surface area (Å²) in [5.41, 5.74) is 0. The highest BCUT2D eigenvalue weighted by Crippen LogP contribution is 2.52. The van der Waals surface area contributed by atoms with Gasteiger partial charge in [-0.2, -0.15) is 0 Å². The van der Waals surface area contributed by atoms with E-state index in [0.717, 1.165) is 25.7 Å². The zero-order valence-corrected chi connectivity index (χ0v) is 21.2. The summed E-state index contributed by atoms with van der Waals surface area (Å²) < 4.78 is 10.8. The van der Waals surface area contributed by atoms with Gasteiger partial charge in [0, 0.05) is 45.4 Å². The highest BCUT2D eigenvalue weighted by molar-refractivity contribution is 5.78. The summed E-state index contributed by atoms with van der Waals surface area (Å²) in [7, 11) is 0. The number of hydrogen-bond donors (Lipinski definition) is 1. The van der Waals surface area contributed by atoms with Crippen molar-refractivity contribution in [3.8, 4) is 11.8 Å². The molecule has 1 heterocycles. The van der Waals surface area contributed by atoms with E-state index in [9.17, 15) is 19.2 Å². The predicted octanol–water partition coefficient (Wildman–Crippen LogP) is 1.84. The molecule has 2 fully saturated rings. The number of alkyl carbamates (subject to hydrolysis) is 1. The van der Waals surface area contributed by atoms with Crippen LogP contribution in [0.15, 0.2) is 0 Å². The van der Waals surface area contributed by atoms with Gasteiger partial charge in [0.1, 0.15) is 12.4 Å². The normalized spacial score (nSPS) is 25.9. The van der Waals surface area contributed by atoms with Gasteiger partial charge in [0.2, 0.25) is 5.91 Å². The van der Waals surface area contributed by atoms with Crippen molar-refractivity contribution in [2.24, 2.45) is 23.7 Å². The van der Waals surface area contributed by atoms with E-state index in [1.807, 2.05) is 4.90 Å². The maximum absolute atomic E-state index is 12.7. The van der Waals surface area contributed by atoms with Crippen LogP contribution in [0.3, 0.4) is 0 Å². The molecule has 2 aliphatic carbocycles. The third-order valence-electron chi connectivity index (χ3n) is 7.13. The molecule has 1 saturated heterocycles. The Morgan fingerprint density at radius 3 is 2.31 bits per heavy atom. The average molecular weight is 490 g/mol. The zero-order chi connectivity index (χ0) is 25.4. The number of ether oxygens (including phenoxy) is 2. The number of carbonyl (C=O) groups excluding carboxylic acids is 4. The Bertz CT molecular complexity index is 830. The van der Waals surface area contributed by atoms with Crippen LogP contribution in [0, 0.1) is 35.5 Å². The monoisotopic (exact) mass is 489 g/mol. The molecular formula is C26H39N3O6. The van der Waals surface area contributed by atoms with Crippen molar-refractivity contribution < 1.29 is 28.7 Å². The number of piperazine rings is 1. The van der Waals surface area contributed by atoms with E-state index in [0.29, 0.717) is 44.0 Å². The summed E-state index contributed by atoms with van der Waals surface area (Å²) in [6.45, 7) is 7.44. The van der Waals surface area contributed by atoms with Gasteiger partial charge in [0.25, 0.3) is 0 Å². The van der Waals surface area contributed by atoms with Crippen LogP contribution >= 0.6 is 0 Å². The lowest BCUT2D eigenvalue weighted by atomic mass is 10.1. The molecule has 9 nitrogen and oxygen atoms in total. The van der Waals surface area contributed by atoms with Crippen LogP contribution in [0.4, 0.5) is 4.79 Å². The number of carbonyl (C=O) groups is 4. The predicted molar refractivity (Wildman–Crippen MR) is 129 cm³/mol. The van der Waals surface area contributed by atoms with Gasteiger partial charge in [-0.1, -0.05) is 13.8 Å². The fourth-order valence-corrected chi connectivity index (χ4v) is 5.05. The van der Waals surface area contributed by atoms with Gasteiger partial charge in [0.15, 0.2) is 0 Å². The minimum absolute atomic E-state index is 0.0255. The Kier molecular flexibility index (Phi) is 9.96. The zero-order valence-electron chi connectivity index (χ0n) is 21.2. The quantitative estimate of drug-likeness (QED) is 0.369. The molecule has 3 aliphatic rings. The van der Waals surface area contributed by atoms with Crippen molar-refractivity contribution in [3.05, 3.63) is 0 Å². The van der Waals surface area contributed by atoms with E-state index < -0.39 is 6.09 Å². The number of fused-ring (bicyclic) bond motifs is 1. The average Bonchev–Trinajstić information content (AvgIpc) is 3.44. The van der Waals surface area contributed by atoms with Gasteiger partial charge >= 0.3 is 12.1 Å². The first-order valence-electron chi connectivity index (χ1n) is 12.8. The Labute approximate surface area is 208 Å². The van der Waals surface area contributed by atoms with E-state index in [4.69, 9.17) is 9.47 Å². The Balaban J connectivity index is 1.37. The van der Waals surface area contributed by atoms with E-state index in [-0.39, 0.29) is 55.7 Å². The number of rotatable bonds is 10. The van der Waals surface area contributed by atoms with Crippen LogP contribution in [0.5, 0.6) is 0 Å². The van der Waals surface area contributed by atoms with Crippen molar-refractivity contribution in [3.63, 3.8) is 0 Å². The third kappa shape index (κ3) is 8.24. The van der Waals surface area contributed by atoms with E-state index in [2.05, 4.69) is 17.2 Å². The summed E-state index contributed by atoms with van der Waals surface area (Å²) >= 11 is 0. The third-order valence-corrected chi connectivity index (χ3v) is 7.13. The molecule has 1 unspecified atom stereocenters. The topological polar surface area (TPSA) is 105 Å². The minimum atomic E-state index is -0.488. The van der Waals surface area contributed by atoms with Crippen LogP contribution in [-0.4, -0.2) is 85.5 Å². The Hall–Kier alpha value is -2.60. The van der Waals surface area contributed by atoms with Gasteiger partial charge in [0.05, 0.1) is 25.1 Å². The second-order valence-corrected chi connectivity index (χ2v) is 10.1. The molecule has 4 atom stereocenters. The fourth-order valence-electron chi connectivity index (χ4n) is 5.05. The van der Waals surface area contributed by atoms with Crippen molar-refractivity contribution in [2.75, 3.05) is 45.9 Å². The van der Waals surface area contributed by atoms with E-state index in [1.54, 1.807) is 18.7 Å². The van der Waals surface area contributed by atoms with E-state index >= 15 is 0 Å². The SMILES string of the molecule is CC(=O)CN1CCN(C(=O)CCNC(=O)OC[C@@H]2[C@@H]3CCC#CCC[C@@H]32)CC1COC(=O)C(C)C. The number of ketones is 1. The van der Waals surface area contributed by atoms with Gasteiger partial charge in [-0.25, -0.2) is 4.79 Å². The molecule has 194 valence electrons. The Morgan fingerprint density at radius 2 is 1.69 bits per heavy atom. The number of hydrogen-bond acceptors (Lipinski definition) is 7. The summed E-state index contributed by atoms with van der Waals surface area (Å²) in [6, 6.07) is -0.238. The molecule has 0 aromatic rings. The van der Waals surface area contributed by atoms with Crippen molar-refractivity contribution in [2.45, 2.75) is 58.9 Å². The van der Waals surface area contributed by atoms with Gasteiger partial charge < -0.3 is 19.7 Å². The number of Topliss-reactive ketones (excluding diaryl/α,β-unsaturated/α-hetero) is 1. The van der Waals surface area contributed by atoms with Crippen LogP contribution in [0.2, 0.25) is 0 Å². The minimum Gasteiger partial charge on any atom is -0.464 e. The first kappa shape index (κ1) is 27.0. The van der Waals surface area contributed by atoms with Crippen molar-refractivity contribution in [1.82, 2.24) is 15.1 Å². The lowest BCUT2D eigenvalue weighted by Crippen LogP contribution is -2.57. The maximum atomic E-state index is 12.7. The molecule has 0 radical (unpaired) electrons. The summed E-state index contributed by atoms with van der Waals surface area (Å²) in [4.78, 5) is 52.0. The molecule has 35 heavy (non-hydrogen) atoms. The van der Waals surface area contributed by atoms with Gasteiger partial charge in [-0.15, -0.1) is 11.8 Å². The molecule has 0 aromatic carbocycles. The molecule has 0 bridgehead atoms. The molecule has 9 heteroatoms. The van der Waals surface area contributed by atoms with Crippen molar-refractivity contribution in [1.29, 1.82) is 0 Å². The van der Waals surface area contributed by atoms with Crippen LogP contribution in [0.25, 0.3) is 0 Å². The van der Waals surface area contributed by atoms with E-state index in [1.165, 1.54) is 6.92 Å². The lowest BCUT2D eigenvalue weighted by molar-refractivity contribution is -0.150. The molecule has 1 saturated carbocycles. The number of nitrogens with one attached hydrogen (secondary N) is 1. The standard InChI is InChI=1S/C26H39N3O6/c1-18(2)25(32)34-16-20-15-29(13-12-28(20)14-19(3)30)24(31)10-11-27-26(33)35-17-23-21-8-6-4-5-7-9-22(21)23/h18,20-23H,6-17H2,1-3H3,(H,27,33)/t20?,21-,22+,23-. The summed E-state index contributed by atoms with van der Waals surface area (Å²) in [5.74, 6) is 7.42. The number of nitrogens with zero attached hydrogens (tertiary/aromatic N) is 2. The maximum Gasteiger partial charge on any atom is 0.407 e. The highest BCUT2D eigenvalue weighted by Gasteiger charge is 2.49. The lowest BCUT2D eigenvalue weighted by Gasteiger charge is -2.40. The number of esters is 1. The first-order chi connectivity index (χ1) is 16.8. The van der Waals surface area contributed by atoms with Crippen LogP contribution in [0.1, 0.15) is 52.9 Å². The molecule has 3 rings (SSSR count). The molecule has 1 aliphatic heterocycles. The molecule has 0 aromatic heterocycles. The second-order valence-electron chi connectivity index (χ2n) is 10.1. The van der Waals surface area contributed by atoms with Crippen LogP contribution < -0.4 is 5.32 Å². The number of amides is 2. The summed E-state index contributed by atoms with van der Waals surface area (Å²) in [5, 5.41) is 2.68. The highest BCUT2D eigenvalue weighted by atomic mass is 16.5. The summed E-state index contributed by atoms with van der Waals surface area (Å²) in [6.07, 6.45) is 3.69. The van der Waals surface area contributed by atoms with Gasteiger partial charge in [-0.3, -0.25) is 19.3 Å². The Morgan fingerprint density at radius 1 is 1.00 bits per heavy atom. The first-order valence-corrected chi connectivity index (χ1v) is 12.8. The second kappa shape index (κ2) is 12.9. The smallest absolute Gasteiger partial charge is 0.407 e. The van der Waals surface area contributed by atoms with Crippen LogP contribution in [-0.2, 0) is 23.9 Å². The molecule has 0 spiro atoms. The van der Waals surface area contributed by atoms with Gasteiger partial charge in [-0.05, 0) is 37.5 Å². The molecule has 2 amide bonds. The fraction of sp³-hybridized carbons (Fsp3) is 0.769. The van der Waals surface area contributed by atoms with Crippen molar-refractivity contribution >= 4 is 23.8 Å².